The highest BCUT2D eigenvalue weighted by molar-refractivity contribution is 6.32. The van der Waals surface area contributed by atoms with Crippen LogP contribution in [0.3, 0.4) is 0 Å². The number of nitrogens with zero attached hydrogens (tertiary/aromatic N) is 1. The maximum absolute atomic E-state index is 6.21. The fraction of sp³-hybridized carbons (Fsp3) is 0.400. The summed E-state index contributed by atoms with van der Waals surface area (Å²) in [5, 5.41) is 6.94. The molecule has 0 unspecified atom stereocenters. The van der Waals surface area contributed by atoms with E-state index in [-0.39, 0.29) is 0 Å². The normalized spacial score (nSPS) is 13.7. The van der Waals surface area contributed by atoms with Crippen LogP contribution in [0.25, 0.3) is 0 Å². The van der Waals surface area contributed by atoms with Crippen molar-refractivity contribution in [2.75, 3.05) is 33.4 Å². The third-order valence-corrected chi connectivity index (χ3v) is 3.28. The minimum atomic E-state index is 0.541. The van der Waals surface area contributed by atoms with Gasteiger partial charge in [-0.2, -0.15) is 0 Å². The van der Waals surface area contributed by atoms with E-state index in [1.54, 1.807) is 13.1 Å². The van der Waals surface area contributed by atoms with Crippen molar-refractivity contribution in [1.29, 1.82) is 0 Å². The van der Waals surface area contributed by atoms with Gasteiger partial charge in [0.05, 0.1) is 5.02 Å². The van der Waals surface area contributed by atoms with E-state index in [0.717, 1.165) is 30.2 Å². The largest absolute Gasteiger partial charge is 0.486 e. The van der Waals surface area contributed by atoms with Crippen molar-refractivity contribution >= 4 is 17.6 Å². The zero-order valence-corrected chi connectivity index (χ0v) is 12.9. The highest BCUT2D eigenvalue weighted by atomic mass is 35.5. The average Bonchev–Trinajstić information content (AvgIpc) is 2.51. The van der Waals surface area contributed by atoms with E-state index in [4.69, 9.17) is 21.1 Å². The Morgan fingerprint density at radius 1 is 1.38 bits per heavy atom. The molecule has 0 aromatic heterocycles. The highest BCUT2D eigenvalue weighted by Gasteiger charge is 2.16. The first-order valence-corrected chi connectivity index (χ1v) is 7.26. The van der Waals surface area contributed by atoms with Crippen LogP contribution in [-0.4, -0.2) is 39.3 Å². The van der Waals surface area contributed by atoms with Crippen LogP contribution < -0.4 is 20.1 Å². The fourth-order valence-electron chi connectivity index (χ4n) is 2.02. The maximum atomic E-state index is 6.21. The molecule has 1 aliphatic heterocycles. The summed E-state index contributed by atoms with van der Waals surface area (Å²) in [6, 6.07) is 3.89. The molecule has 0 aliphatic carbocycles. The molecule has 0 bridgehead atoms. The Morgan fingerprint density at radius 2 is 2.19 bits per heavy atom. The summed E-state index contributed by atoms with van der Waals surface area (Å²) in [6.07, 6.45) is 2.60. The summed E-state index contributed by atoms with van der Waals surface area (Å²) in [5.41, 5.74) is 1.09. The summed E-state index contributed by atoms with van der Waals surface area (Å²) >= 11 is 6.21. The zero-order chi connectivity index (χ0) is 15.1. The fourth-order valence-corrected chi connectivity index (χ4v) is 2.31. The van der Waals surface area contributed by atoms with E-state index in [0.29, 0.717) is 30.5 Å². The van der Waals surface area contributed by atoms with Gasteiger partial charge >= 0.3 is 0 Å². The van der Waals surface area contributed by atoms with Gasteiger partial charge in [0.15, 0.2) is 17.5 Å². The van der Waals surface area contributed by atoms with Crippen LogP contribution in [-0.2, 0) is 6.42 Å². The summed E-state index contributed by atoms with van der Waals surface area (Å²) in [4.78, 5) is 4.12. The Labute approximate surface area is 130 Å². The summed E-state index contributed by atoms with van der Waals surface area (Å²) in [7, 11) is 1.74. The zero-order valence-electron chi connectivity index (χ0n) is 12.1. The van der Waals surface area contributed by atoms with Crippen molar-refractivity contribution in [3.05, 3.63) is 35.4 Å². The monoisotopic (exact) mass is 309 g/mol. The number of hydrogen-bond acceptors (Lipinski definition) is 3. The molecule has 0 saturated carbocycles. The second-order valence-electron chi connectivity index (χ2n) is 4.52. The Kier molecular flexibility index (Phi) is 5.75. The molecular weight excluding hydrogens is 290 g/mol. The lowest BCUT2D eigenvalue weighted by molar-refractivity contribution is 0.171. The molecule has 1 aliphatic rings. The lowest BCUT2D eigenvalue weighted by Crippen LogP contribution is -2.38. The second-order valence-corrected chi connectivity index (χ2v) is 4.93. The standard InChI is InChI=1S/C15H20ClN3O2/c1-3-5-18-15(17-2)19-6-4-11-9-12(16)14-13(10-11)20-7-8-21-14/h3,9-10H,1,4-8H2,2H3,(H2,17,18,19). The van der Waals surface area contributed by atoms with Gasteiger partial charge in [0.25, 0.3) is 0 Å². The van der Waals surface area contributed by atoms with Gasteiger partial charge in [-0.1, -0.05) is 17.7 Å². The minimum absolute atomic E-state index is 0.541. The van der Waals surface area contributed by atoms with Crippen LogP contribution in [0.2, 0.25) is 5.02 Å². The summed E-state index contributed by atoms with van der Waals surface area (Å²) in [5.74, 6) is 2.11. The SMILES string of the molecule is C=CCNC(=NC)NCCc1cc(Cl)c2c(c1)OCCO2. The number of hydrogen-bond donors (Lipinski definition) is 2. The second kappa shape index (κ2) is 7.78. The van der Waals surface area contributed by atoms with Crippen molar-refractivity contribution in [2.24, 2.45) is 4.99 Å². The summed E-state index contributed by atoms with van der Waals surface area (Å²) in [6.45, 7) is 6.18. The molecule has 2 N–H and O–H groups in total. The van der Waals surface area contributed by atoms with Crippen LogP contribution in [0.4, 0.5) is 0 Å². The topological polar surface area (TPSA) is 54.9 Å². The van der Waals surface area contributed by atoms with Crippen LogP contribution in [0.1, 0.15) is 5.56 Å². The number of ether oxygens (including phenoxy) is 2. The Bertz CT molecular complexity index is 532. The third-order valence-electron chi connectivity index (χ3n) is 3.00. The van der Waals surface area contributed by atoms with Gasteiger partial charge in [-0.25, -0.2) is 0 Å². The van der Waals surface area contributed by atoms with E-state index in [2.05, 4.69) is 22.2 Å². The molecule has 6 heteroatoms. The van der Waals surface area contributed by atoms with E-state index < -0.39 is 0 Å². The number of fused-ring (bicyclic) bond motifs is 1. The van der Waals surface area contributed by atoms with E-state index >= 15 is 0 Å². The molecule has 0 radical (unpaired) electrons. The highest BCUT2D eigenvalue weighted by Crippen LogP contribution is 2.38. The predicted octanol–water partition coefficient (Wildman–Crippen LogP) is 2.00. The molecule has 1 aromatic rings. The van der Waals surface area contributed by atoms with Gasteiger partial charge in [-0.15, -0.1) is 6.58 Å². The van der Waals surface area contributed by atoms with Gasteiger partial charge < -0.3 is 20.1 Å². The number of nitrogens with one attached hydrogen (secondary N) is 2. The van der Waals surface area contributed by atoms with Crippen LogP contribution in [0, 0.1) is 0 Å². The van der Waals surface area contributed by atoms with E-state index in [1.807, 2.05) is 12.1 Å². The molecule has 1 heterocycles. The van der Waals surface area contributed by atoms with E-state index in [1.165, 1.54) is 0 Å². The van der Waals surface area contributed by atoms with Gasteiger partial charge in [0, 0.05) is 20.1 Å². The van der Waals surface area contributed by atoms with Gasteiger partial charge in [-0.3, -0.25) is 4.99 Å². The van der Waals surface area contributed by atoms with Crippen molar-refractivity contribution in [3.63, 3.8) is 0 Å². The Balaban J connectivity index is 1.91. The first-order valence-electron chi connectivity index (χ1n) is 6.88. The number of aliphatic imine (C=N–C) groups is 1. The molecule has 1 aromatic carbocycles. The molecule has 0 spiro atoms. The molecule has 2 rings (SSSR count). The van der Waals surface area contributed by atoms with Gasteiger partial charge in [-0.05, 0) is 24.1 Å². The number of guanidine groups is 1. The van der Waals surface area contributed by atoms with Crippen molar-refractivity contribution in [1.82, 2.24) is 10.6 Å². The number of halogens is 1. The Morgan fingerprint density at radius 3 is 2.95 bits per heavy atom. The van der Waals surface area contributed by atoms with Gasteiger partial charge in [0.2, 0.25) is 0 Å². The molecular formula is C15H20ClN3O2. The molecule has 114 valence electrons. The van der Waals surface area contributed by atoms with Crippen molar-refractivity contribution < 1.29 is 9.47 Å². The van der Waals surface area contributed by atoms with Crippen LogP contribution in [0.5, 0.6) is 11.5 Å². The predicted molar refractivity (Wildman–Crippen MR) is 85.7 cm³/mol. The lowest BCUT2D eigenvalue weighted by Gasteiger charge is -2.20. The third kappa shape index (κ3) is 4.29. The van der Waals surface area contributed by atoms with Crippen LogP contribution >= 0.6 is 11.6 Å². The average molecular weight is 310 g/mol. The molecule has 0 saturated heterocycles. The minimum Gasteiger partial charge on any atom is -0.486 e. The smallest absolute Gasteiger partial charge is 0.191 e. The molecule has 5 nitrogen and oxygen atoms in total. The maximum Gasteiger partial charge on any atom is 0.191 e. The van der Waals surface area contributed by atoms with Gasteiger partial charge in [0.1, 0.15) is 13.2 Å². The number of benzene rings is 1. The molecule has 0 fully saturated rings. The van der Waals surface area contributed by atoms with E-state index in [9.17, 15) is 0 Å². The molecule has 21 heavy (non-hydrogen) atoms. The Hall–Kier alpha value is -1.88. The number of rotatable bonds is 5. The molecule has 0 amide bonds. The lowest BCUT2D eigenvalue weighted by atomic mass is 10.1. The van der Waals surface area contributed by atoms with Crippen molar-refractivity contribution in [2.45, 2.75) is 6.42 Å². The quantitative estimate of drug-likeness (QED) is 0.496. The van der Waals surface area contributed by atoms with Crippen molar-refractivity contribution in [3.8, 4) is 11.5 Å². The summed E-state index contributed by atoms with van der Waals surface area (Å²) < 4.78 is 11.1. The first kappa shape index (κ1) is 15.5. The molecule has 0 atom stereocenters. The van der Waals surface area contributed by atoms with Crippen LogP contribution in [0.15, 0.2) is 29.8 Å². The first-order chi connectivity index (χ1) is 10.2.